The molecule has 0 saturated carbocycles. The van der Waals surface area contributed by atoms with Crippen LogP contribution in [0.1, 0.15) is 16.7 Å². The third kappa shape index (κ3) is 3.61. The molecule has 1 saturated heterocycles. The lowest BCUT2D eigenvalue weighted by molar-refractivity contribution is -0.128. The van der Waals surface area contributed by atoms with Crippen molar-refractivity contribution in [2.24, 2.45) is 7.05 Å². The van der Waals surface area contributed by atoms with Crippen LogP contribution in [-0.4, -0.2) is 32.9 Å². The summed E-state index contributed by atoms with van der Waals surface area (Å²) in [5.74, 6) is 0.246. The van der Waals surface area contributed by atoms with Crippen molar-refractivity contribution in [3.05, 3.63) is 77.4 Å². The van der Waals surface area contributed by atoms with Gasteiger partial charge in [0.25, 0.3) is 11.8 Å². The maximum absolute atomic E-state index is 13.1. The van der Waals surface area contributed by atoms with Crippen molar-refractivity contribution in [3.63, 3.8) is 0 Å². The molecule has 2 aromatic carbocycles. The number of thiocarbonyl (C=S) groups is 1. The molecule has 0 bridgehead atoms. The topological polar surface area (TPSA) is 63.6 Å². The first kappa shape index (κ1) is 21.5. The van der Waals surface area contributed by atoms with Gasteiger partial charge in [-0.15, -0.1) is 6.58 Å². The number of carbonyl (C=O) groups excluding carboxylic acids is 2. The fourth-order valence-electron chi connectivity index (χ4n) is 3.73. The molecule has 162 valence electrons. The molecule has 7 heteroatoms. The molecule has 6 nitrogen and oxygen atoms in total. The molecule has 1 fully saturated rings. The molecule has 0 unspecified atom stereocenters. The van der Waals surface area contributed by atoms with E-state index in [-0.39, 0.29) is 17.2 Å². The number of aryl methyl sites for hydroxylation is 2. The van der Waals surface area contributed by atoms with E-state index in [4.69, 9.17) is 17.0 Å². The number of hydrogen-bond acceptors (Lipinski definition) is 4. The smallest absolute Gasteiger partial charge is 0.265 e. The number of para-hydroxylation sites is 1. The molecule has 1 aromatic heterocycles. The van der Waals surface area contributed by atoms with Gasteiger partial charge in [0.15, 0.2) is 5.11 Å². The summed E-state index contributed by atoms with van der Waals surface area (Å²) in [5.41, 5.74) is 3.68. The Balaban J connectivity index is 1.90. The van der Waals surface area contributed by atoms with Gasteiger partial charge < -0.3 is 9.30 Å². The number of ether oxygens (including phenoxy) is 1. The molecule has 2 amide bonds. The van der Waals surface area contributed by atoms with Crippen LogP contribution in [0.4, 0.5) is 0 Å². The molecule has 0 atom stereocenters. The molecule has 2 heterocycles. The number of aromatic nitrogens is 1. The Labute approximate surface area is 191 Å². The van der Waals surface area contributed by atoms with Crippen LogP contribution in [0.3, 0.4) is 0 Å². The second-order valence-corrected chi connectivity index (χ2v) is 8.00. The average molecular weight is 446 g/mol. The first-order valence-corrected chi connectivity index (χ1v) is 10.6. The van der Waals surface area contributed by atoms with E-state index >= 15 is 0 Å². The van der Waals surface area contributed by atoms with E-state index in [9.17, 15) is 9.59 Å². The predicted octanol–water partition coefficient (Wildman–Crippen LogP) is 4.40. The Kier molecular flexibility index (Phi) is 5.67. The van der Waals surface area contributed by atoms with Gasteiger partial charge in [-0.1, -0.05) is 36.4 Å². The lowest BCUT2D eigenvalue weighted by Gasteiger charge is -2.27. The second-order valence-electron chi connectivity index (χ2n) is 7.62. The van der Waals surface area contributed by atoms with Gasteiger partial charge in [0.05, 0.1) is 5.52 Å². The number of benzene rings is 2. The summed E-state index contributed by atoms with van der Waals surface area (Å²) in [6.45, 7) is 7.89. The van der Waals surface area contributed by atoms with Gasteiger partial charge in [-0.3, -0.25) is 19.8 Å². The second kappa shape index (κ2) is 8.43. The zero-order valence-corrected chi connectivity index (χ0v) is 19.0. The van der Waals surface area contributed by atoms with Crippen LogP contribution in [0.15, 0.2) is 60.7 Å². The van der Waals surface area contributed by atoms with Crippen LogP contribution >= 0.6 is 12.2 Å². The molecule has 0 aliphatic carbocycles. The van der Waals surface area contributed by atoms with E-state index in [1.54, 1.807) is 12.2 Å². The Morgan fingerprint density at radius 1 is 1.12 bits per heavy atom. The van der Waals surface area contributed by atoms with Crippen LogP contribution in [0.5, 0.6) is 11.6 Å². The number of hydrogen-bond donors (Lipinski definition) is 1. The van der Waals surface area contributed by atoms with E-state index in [1.165, 1.54) is 4.90 Å². The van der Waals surface area contributed by atoms with Gasteiger partial charge in [0.1, 0.15) is 11.3 Å². The summed E-state index contributed by atoms with van der Waals surface area (Å²) in [7, 11) is 1.90. The van der Waals surface area contributed by atoms with Crippen molar-refractivity contribution < 1.29 is 14.3 Å². The van der Waals surface area contributed by atoms with Crippen molar-refractivity contribution in [1.82, 2.24) is 14.8 Å². The predicted molar refractivity (Wildman–Crippen MR) is 130 cm³/mol. The lowest BCUT2D eigenvalue weighted by Crippen LogP contribution is -2.53. The third-order valence-corrected chi connectivity index (χ3v) is 5.96. The number of rotatable bonds is 5. The van der Waals surface area contributed by atoms with E-state index in [0.29, 0.717) is 17.2 Å². The lowest BCUT2D eigenvalue weighted by atomic mass is 10.1. The van der Waals surface area contributed by atoms with Crippen LogP contribution in [-0.2, 0) is 16.6 Å². The molecule has 0 spiro atoms. The highest BCUT2D eigenvalue weighted by atomic mass is 32.1. The molecule has 4 rings (SSSR count). The quantitative estimate of drug-likeness (QED) is 0.274. The summed E-state index contributed by atoms with van der Waals surface area (Å²) in [4.78, 5) is 27.1. The highest BCUT2D eigenvalue weighted by Crippen LogP contribution is 2.37. The van der Waals surface area contributed by atoms with Crippen LogP contribution in [0.2, 0.25) is 0 Å². The minimum absolute atomic E-state index is 0.0115. The average Bonchev–Trinajstić information content (AvgIpc) is 3.03. The number of carbonyl (C=O) groups is 2. The number of fused-ring (bicyclic) bond motifs is 1. The van der Waals surface area contributed by atoms with Crippen molar-refractivity contribution in [3.8, 4) is 11.6 Å². The van der Waals surface area contributed by atoms with E-state index < -0.39 is 11.8 Å². The summed E-state index contributed by atoms with van der Waals surface area (Å²) in [5, 5.41) is 3.53. The van der Waals surface area contributed by atoms with Gasteiger partial charge in [-0.25, -0.2) is 0 Å². The minimum Gasteiger partial charge on any atom is -0.440 e. The van der Waals surface area contributed by atoms with Gasteiger partial charge >= 0.3 is 0 Å². The monoisotopic (exact) mass is 445 g/mol. The van der Waals surface area contributed by atoms with E-state index in [0.717, 1.165) is 22.0 Å². The first-order valence-electron chi connectivity index (χ1n) is 10.1. The first-order chi connectivity index (χ1) is 15.3. The van der Waals surface area contributed by atoms with Gasteiger partial charge in [0.2, 0.25) is 5.88 Å². The summed E-state index contributed by atoms with van der Waals surface area (Å²) in [6.07, 6.45) is 3.14. The normalized spacial score (nSPS) is 15.4. The van der Waals surface area contributed by atoms with Gasteiger partial charge in [-0.2, -0.15) is 0 Å². The standard InChI is InChI=1S/C25H23N3O3S/c1-5-13-28-23(30)19(22(29)26-25(28)32)14-18-17-10-6-7-11-20(17)27(4)24(18)31-21-12-8-9-15(2)16(21)3/h5-12,14H,1,13H2,2-4H3,(H,26,29,32). The van der Waals surface area contributed by atoms with Crippen molar-refractivity contribution in [2.75, 3.05) is 6.54 Å². The van der Waals surface area contributed by atoms with Crippen LogP contribution in [0, 0.1) is 13.8 Å². The zero-order chi connectivity index (χ0) is 23.0. The highest BCUT2D eigenvalue weighted by molar-refractivity contribution is 7.80. The third-order valence-electron chi connectivity index (χ3n) is 5.64. The largest absolute Gasteiger partial charge is 0.440 e. The molecule has 1 N–H and O–H groups in total. The minimum atomic E-state index is -0.536. The van der Waals surface area contributed by atoms with Crippen molar-refractivity contribution in [2.45, 2.75) is 13.8 Å². The molecule has 3 aromatic rings. The number of nitrogens with zero attached hydrogens (tertiary/aromatic N) is 2. The van der Waals surface area contributed by atoms with Crippen LogP contribution < -0.4 is 10.1 Å². The maximum Gasteiger partial charge on any atom is 0.265 e. The summed E-state index contributed by atoms with van der Waals surface area (Å²) < 4.78 is 8.28. The van der Waals surface area contributed by atoms with Gasteiger partial charge in [0, 0.05) is 24.5 Å². The molecular weight excluding hydrogens is 422 g/mol. The molecule has 1 aliphatic rings. The summed E-state index contributed by atoms with van der Waals surface area (Å²) >= 11 is 5.15. The molecule has 0 radical (unpaired) electrons. The fourth-order valence-corrected chi connectivity index (χ4v) is 3.98. The summed E-state index contributed by atoms with van der Waals surface area (Å²) in [6, 6.07) is 13.6. The zero-order valence-electron chi connectivity index (χ0n) is 18.1. The Hall–Kier alpha value is -3.71. The van der Waals surface area contributed by atoms with E-state index in [2.05, 4.69) is 11.9 Å². The van der Waals surface area contributed by atoms with E-state index in [1.807, 2.05) is 67.9 Å². The molecule has 32 heavy (non-hydrogen) atoms. The van der Waals surface area contributed by atoms with Crippen LogP contribution in [0.25, 0.3) is 17.0 Å². The Bertz CT molecular complexity index is 1320. The Morgan fingerprint density at radius 2 is 1.88 bits per heavy atom. The number of nitrogens with one attached hydrogen (secondary N) is 1. The molecule has 1 aliphatic heterocycles. The van der Waals surface area contributed by atoms with Gasteiger partial charge in [-0.05, 0) is 55.4 Å². The fraction of sp³-hybridized carbons (Fsp3) is 0.160. The highest BCUT2D eigenvalue weighted by Gasteiger charge is 2.33. The SMILES string of the molecule is C=CCN1C(=O)C(=Cc2c(Oc3cccc(C)c3C)n(C)c3ccccc23)C(=O)NC1=S. The maximum atomic E-state index is 13.1. The molecular formula is C25H23N3O3S. The number of amides is 2. The Morgan fingerprint density at radius 3 is 2.62 bits per heavy atom. The van der Waals surface area contributed by atoms with Crippen molar-refractivity contribution >= 4 is 46.1 Å². The van der Waals surface area contributed by atoms with Crippen molar-refractivity contribution in [1.29, 1.82) is 0 Å².